The number of morpholine rings is 1. The van der Waals surface area contributed by atoms with E-state index in [0.29, 0.717) is 37.6 Å². The molecule has 1 aromatic carbocycles. The summed E-state index contributed by atoms with van der Waals surface area (Å²) < 4.78 is 44.5. The summed E-state index contributed by atoms with van der Waals surface area (Å²) in [5, 5.41) is 5.97. The number of nitrogens with zero attached hydrogens (tertiary/aromatic N) is 1. The molecule has 2 fully saturated rings. The molecule has 26 heavy (non-hydrogen) atoms. The zero-order valence-electron chi connectivity index (χ0n) is 13.8. The summed E-state index contributed by atoms with van der Waals surface area (Å²) in [4.78, 5) is 14.6. The number of carbonyl (C=O) groups is 1. The number of carbonyl (C=O) groups excluding carboxylic acids is 1. The highest BCUT2D eigenvalue weighted by Crippen LogP contribution is 2.35. The monoisotopic (exact) mass is 385 g/mol. The van der Waals surface area contributed by atoms with Crippen molar-refractivity contribution in [3.63, 3.8) is 0 Å². The van der Waals surface area contributed by atoms with E-state index in [1.807, 2.05) is 0 Å². The molecule has 3 rings (SSSR count). The number of benzene rings is 1. The van der Waals surface area contributed by atoms with Crippen molar-refractivity contribution in [1.82, 2.24) is 15.5 Å². The first-order valence-corrected chi connectivity index (χ1v) is 8.48. The molecule has 9 heteroatoms. The van der Waals surface area contributed by atoms with Crippen molar-refractivity contribution in [2.75, 3.05) is 26.3 Å². The fraction of sp³-hybridized carbons (Fsp3) is 0.412. The van der Waals surface area contributed by atoms with Gasteiger partial charge in [-0.3, -0.25) is 4.79 Å². The van der Waals surface area contributed by atoms with Crippen molar-refractivity contribution >= 4 is 23.2 Å². The first kappa shape index (κ1) is 18.7. The third-order valence-electron chi connectivity index (χ3n) is 4.43. The third-order valence-corrected chi connectivity index (χ3v) is 4.65. The molecule has 0 radical (unpaired) electrons. The standard InChI is InChI=1S/C17H18F3N3O2S/c1-10-13(15(24)23-5-7-25-8-6-23)14(22-16(26)21-10)11-3-2-4-12(9-11)17(18,19)20/h2-4,9,13-14H,1,5-8H2,(H2,21,22,26)/t13-,14-/m1/s1. The van der Waals surface area contributed by atoms with Crippen LogP contribution >= 0.6 is 12.2 Å². The van der Waals surface area contributed by atoms with Gasteiger partial charge in [0.15, 0.2) is 5.11 Å². The number of hydrogen-bond acceptors (Lipinski definition) is 3. The minimum absolute atomic E-state index is 0.219. The van der Waals surface area contributed by atoms with Crippen LogP contribution in [0.2, 0.25) is 0 Å². The van der Waals surface area contributed by atoms with Crippen LogP contribution in [-0.2, 0) is 15.7 Å². The van der Waals surface area contributed by atoms with E-state index in [1.54, 1.807) is 11.0 Å². The van der Waals surface area contributed by atoms with Crippen LogP contribution in [0.3, 0.4) is 0 Å². The number of hydrogen-bond donors (Lipinski definition) is 2. The van der Waals surface area contributed by atoms with Gasteiger partial charge in [0, 0.05) is 18.8 Å². The molecule has 0 aliphatic carbocycles. The molecule has 0 aromatic heterocycles. The Kier molecular flexibility index (Phi) is 5.19. The topological polar surface area (TPSA) is 53.6 Å². The Morgan fingerprint density at radius 2 is 2.00 bits per heavy atom. The molecule has 2 aliphatic heterocycles. The zero-order chi connectivity index (χ0) is 18.9. The highest BCUT2D eigenvalue weighted by Gasteiger charge is 2.40. The second-order valence-electron chi connectivity index (χ2n) is 6.14. The summed E-state index contributed by atoms with van der Waals surface area (Å²) in [6.45, 7) is 5.59. The summed E-state index contributed by atoms with van der Waals surface area (Å²) >= 11 is 5.11. The summed E-state index contributed by atoms with van der Waals surface area (Å²) in [6, 6.07) is 4.18. The Bertz CT molecular complexity index is 732. The lowest BCUT2D eigenvalue weighted by Crippen LogP contribution is -2.55. The Morgan fingerprint density at radius 1 is 1.31 bits per heavy atom. The Balaban J connectivity index is 1.94. The summed E-state index contributed by atoms with van der Waals surface area (Å²) in [6.07, 6.45) is -4.47. The minimum Gasteiger partial charge on any atom is -0.378 e. The van der Waals surface area contributed by atoms with Gasteiger partial charge in [-0.2, -0.15) is 13.2 Å². The van der Waals surface area contributed by atoms with Crippen molar-refractivity contribution in [3.8, 4) is 0 Å². The lowest BCUT2D eigenvalue weighted by molar-refractivity contribution is -0.139. The second-order valence-corrected chi connectivity index (χ2v) is 6.55. The molecular weight excluding hydrogens is 367 g/mol. The number of amides is 1. The van der Waals surface area contributed by atoms with E-state index < -0.39 is 23.7 Å². The maximum atomic E-state index is 13.1. The summed E-state index contributed by atoms with van der Waals surface area (Å²) in [5.74, 6) is -0.994. The van der Waals surface area contributed by atoms with Gasteiger partial charge in [0.2, 0.25) is 5.91 Å². The van der Waals surface area contributed by atoms with Gasteiger partial charge in [0.05, 0.1) is 24.8 Å². The van der Waals surface area contributed by atoms with Crippen LogP contribution in [0.25, 0.3) is 0 Å². The molecule has 0 saturated carbocycles. The van der Waals surface area contributed by atoms with Gasteiger partial charge in [-0.15, -0.1) is 0 Å². The van der Waals surface area contributed by atoms with Gasteiger partial charge in [0.25, 0.3) is 0 Å². The number of alkyl halides is 3. The molecular formula is C17H18F3N3O2S. The SMILES string of the molecule is C=C1NC(=S)N[C@H](c2cccc(C(F)(F)F)c2)[C@@H]1C(=O)N1CCOCC1. The Hall–Kier alpha value is -2.13. The zero-order valence-corrected chi connectivity index (χ0v) is 14.6. The molecule has 5 nitrogen and oxygen atoms in total. The molecule has 2 heterocycles. The molecule has 0 bridgehead atoms. The van der Waals surface area contributed by atoms with Crippen molar-refractivity contribution in [2.24, 2.45) is 5.92 Å². The summed E-state index contributed by atoms with van der Waals surface area (Å²) in [7, 11) is 0. The maximum absolute atomic E-state index is 13.1. The molecule has 2 atom stereocenters. The van der Waals surface area contributed by atoms with Crippen LogP contribution in [0.1, 0.15) is 17.2 Å². The van der Waals surface area contributed by atoms with Gasteiger partial charge < -0.3 is 20.3 Å². The van der Waals surface area contributed by atoms with Gasteiger partial charge in [-0.25, -0.2) is 0 Å². The number of halogens is 3. The van der Waals surface area contributed by atoms with Crippen LogP contribution in [0.5, 0.6) is 0 Å². The lowest BCUT2D eigenvalue weighted by Gasteiger charge is -2.39. The number of nitrogens with one attached hydrogen (secondary N) is 2. The quantitative estimate of drug-likeness (QED) is 0.765. The smallest absolute Gasteiger partial charge is 0.378 e. The fourth-order valence-electron chi connectivity index (χ4n) is 3.14. The van der Waals surface area contributed by atoms with Gasteiger partial charge in [0.1, 0.15) is 5.92 Å². The highest BCUT2D eigenvalue weighted by molar-refractivity contribution is 7.80. The fourth-order valence-corrected chi connectivity index (χ4v) is 3.40. The van der Waals surface area contributed by atoms with E-state index in [4.69, 9.17) is 17.0 Å². The van der Waals surface area contributed by atoms with E-state index in [2.05, 4.69) is 17.2 Å². The molecule has 2 saturated heterocycles. The second kappa shape index (κ2) is 7.24. The van der Waals surface area contributed by atoms with Gasteiger partial charge >= 0.3 is 6.18 Å². The van der Waals surface area contributed by atoms with Crippen molar-refractivity contribution in [3.05, 3.63) is 47.7 Å². The van der Waals surface area contributed by atoms with Crippen molar-refractivity contribution in [2.45, 2.75) is 12.2 Å². The van der Waals surface area contributed by atoms with Crippen LogP contribution in [0.15, 0.2) is 36.5 Å². The van der Waals surface area contributed by atoms with E-state index in [9.17, 15) is 18.0 Å². The predicted molar refractivity (Wildman–Crippen MR) is 93.1 cm³/mol. The molecule has 140 valence electrons. The Labute approximate surface area is 154 Å². The number of ether oxygens (including phenoxy) is 1. The van der Waals surface area contributed by atoms with Crippen LogP contribution in [0, 0.1) is 5.92 Å². The summed E-state index contributed by atoms with van der Waals surface area (Å²) in [5.41, 5.74) is -0.0754. The molecule has 0 unspecified atom stereocenters. The molecule has 2 aliphatic rings. The molecule has 1 aromatic rings. The van der Waals surface area contributed by atoms with E-state index in [-0.39, 0.29) is 11.0 Å². The normalized spacial score (nSPS) is 24.0. The largest absolute Gasteiger partial charge is 0.416 e. The van der Waals surface area contributed by atoms with Crippen LogP contribution < -0.4 is 10.6 Å². The van der Waals surface area contributed by atoms with Crippen LogP contribution in [-0.4, -0.2) is 42.2 Å². The van der Waals surface area contributed by atoms with E-state index in [0.717, 1.165) is 12.1 Å². The minimum atomic E-state index is -4.47. The first-order chi connectivity index (χ1) is 12.3. The average Bonchev–Trinajstić information content (AvgIpc) is 2.61. The number of thiocarbonyl (C=S) groups is 1. The molecule has 0 spiro atoms. The maximum Gasteiger partial charge on any atom is 0.416 e. The van der Waals surface area contributed by atoms with Gasteiger partial charge in [-0.05, 0) is 29.9 Å². The van der Waals surface area contributed by atoms with E-state index in [1.165, 1.54) is 6.07 Å². The highest BCUT2D eigenvalue weighted by atomic mass is 32.1. The van der Waals surface area contributed by atoms with Crippen molar-refractivity contribution in [1.29, 1.82) is 0 Å². The van der Waals surface area contributed by atoms with Gasteiger partial charge in [-0.1, -0.05) is 18.7 Å². The lowest BCUT2D eigenvalue weighted by atomic mass is 9.87. The Morgan fingerprint density at radius 3 is 2.65 bits per heavy atom. The molecule has 2 N–H and O–H groups in total. The van der Waals surface area contributed by atoms with E-state index >= 15 is 0 Å². The number of rotatable bonds is 2. The predicted octanol–water partition coefficient (Wildman–Crippen LogP) is 2.21. The third kappa shape index (κ3) is 3.83. The molecule has 1 amide bonds. The van der Waals surface area contributed by atoms with Crippen LogP contribution in [0.4, 0.5) is 13.2 Å². The van der Waals surface area contributed by atoms with Crippen molar-refractivity contribution < 1.29 is 22.7 Å². The average molecular weight is 385 g/mol. The first-order valence-electron chi connectivity index (χ1n) is 8.07.